The number of pyridine rings is 1. The van der Waals surface area contributed by atoms with Crippen LogP contribution in [-0.4, -0.2) is 16.9 Å². The molecule has 1 atom stereocenters. The number of rotatable bonds is 2. The van der Waals surface area contributed by atoms with Crippen molar-refractivity contribution < 1.29 is 4.79 Å². The predicted molar refractivity (Wildman–Crippen MR) is 81.7 cm³/mol. The number of nitrogens with zero attached hydrogens (tertiary/aromatic N) is 1. The fraction of sp³-hybridized carbons (Fsp3) is 0.250. The molecule has 1 aromatic heterocycles. The van der Waals surface area contributed by atoms with E-state index in [9.17, 15) is 4.79 Å². The van der Waals surface area contributed by atoms with E-state index in [-0.39, 0.29) is 11.9 Å². The number of fused-ring (bicyclic) bond motifs is 1. The Morgan fingerprint density at radius 3 is 2.85 bits per heavy atom. The lowest BCUT2D eigenvalue weighted by atomic mass is 9.88. The van der Waals surface area contributed by atoms with Gasteiger partial charge in [0.1, 0.15) is 4.60 Å². The number of carbonyl (C=O) groups is 1. The van der Waals surface area contributed by atoms with Gasteiger partial charge in [-0.1, -0.05) is 24.3 Å². The maximum Gasteiger partial charge on any atom is 0.251 e. The molecule has 0 saturated heterocycles. The van der Waals surface area contributed by atoms with Gasteiger partial charge in [0.15, 0.2) is 0 Å². The van der Waals surface area contributed by atoms with Crippen molar-refractivity contribution in [2.75, 3.05) is 0 Å². The van der Waals surface area contributed by atoms with Crippen LogP contribution in [0, 0.1) is 0 Å². The van der Waals surface area contributed by atoms with Crippen molar-refractivity contribution in [1.29, 1.82) is 0 Å². The summed E-state index contributed by atoms with van der Waals surface area (Å²) in [5, 5.41) is 3.12. The summed E-state index contributed by atoms with van der Waals surface area (Å²) in [6.07, 6.45) is 4.57. The van der Waals surface area contributed by atoms with Crippen LogP contribution in [0.4, 0.5) is 0 Å². The Labute approximate surface area is 126 Å². The summed E-state index contributed by atoms with van der Waals surface area (Å²) < 4.78 is 0.680. The fourth-order valence-electron chi connectivity index (χ4n) is 2.63. The van der Waals surface area contributed by atoms with E-state index in [0.29, 0.717) is 10.2 Å². The molecule has 3 nitrogen and oxygen atoms in total. The summed E-state index contributed by atoms with van der Waals surface area (Å²) in [5.74, 6) is -0.0301. The van der Waals surface area contributed by atoms with Gasteiger partial charge in [-0.3, -0.25) is 4.79 Å². The maximum atomic E-state index is 12.2. The first kappa shape index (κ1) is 13.3. The van der Waals surface area contributed by atoms with Gasteiger partial charge in [-0.05, 0) is 58.5 Å². The molecule has 0 saturated carbocycles. The van der Waals surface area contributed by atoms with Crippen molar-refractivity contribution >= 4 is 21.8 Å². The van der Waals surface area contributed by atoms with E-state index in [0.717, 1.165) is 19.3 Å². The van der Waals surface area contributed by atoms with Crippen LogP contribution in [0.1, 0.15) is 27.9 Å². The molecule has 3 rings (SSSR count). The van der Waals surface area contributed by atoms with Gasteiger partial charge in [-0.2, -0.15) is 0 Å². The van der Waals surface area contributed by atoms with Gasteiger partial charge in [0.05, 0.1) is 0 Å². The van der Waals surface area contributed by atoms with E-state index >= 15 is 0 Å². The Bertz CT molecular complexity index is 642. The van der Waals surface area contributed by atoms with Crippen molar-refractivity contribution in [1.82, 2.24) is 10.3 Å². The lowest BCUT2D eigenvalue weighted by Crippen LogP contribution is -2.38. The molecule has 4 heteroatoms. The molecule has 0 radical (unpaired) electrons. The van der Waals surface area contributed by atoms with E-state index in [1.54, 1.807) is 18.3 Å². The molecular formula is C16H15BrN2O. The second-order valence-electron chi connectivity index (χ2n) is 5.05. The predicted octanol–water partition coefficient (Wildman–Crippen LogP) is 3.13. The summed E-state index contributed by atoms with van der Waals surface area (Å²) >= 11 is 3.29. The minimum atomic E-state index is -0.0301. The molecular weight excluding hydrogens is 316 g/mol. The second kappa shape index (κ2) is 5.75. The molecule has 1 aliphatic carbocycles. The van der Waals surface area contributed by atoms with Crippen LogP contribution in [0.5, 0.6) is 0 Å². The van der Waals surface area contributed by atoms with Gasteiger partial charge in [-0.25, -0.2) is 4.98 Å². The van der Waals surface area contributed by atoms with Crippen LogP contribution >= 0.6 is 15.9 Å². The largest absolute Gasteiger partial charge is 0.349 e. The Hall–Kier alpha value is -1.68. The van der Waals surface area contributed by atoms with Crippen molar-refractivity contribution in [2.45, 2.75) is 25.3 Å². The lowest BCUT2D eigenvalue weighted by Gasteiger charge is -2.25. The smallest absolute Gasteiger partial charge is 0.251 e. The molecule has 0 bridgehead atoms. The molecule has 1 unspecified atom stereocenters. The standard InChI is InChI=1S/C16H15BrN2O/c17-15-10-13(7-8-18-15)16(20)19-14-6-5-11-3-1-2-4-12(11)9-14/h1-4,7-8,10,14H,5-6,9H2,(H,19,20). The number of nitrogens with one attached hydrogen (secondary N) is 1. The highest BCUT2D eigenvalue weighted by molar-refractivity contribution is 9.10. The molecule has 20 heavy (non-hydrogen) atoms. The Morgan fingerprint density at radius 2 is 2.05 bits per heavy atom. The summed E-state index contributed by atoms with van der Waals surface area (Å²) in [6.45, 7) is 0. The summed E-state index contributed by atoms with van der Waals surface area (Å²) in [4.78, 5) is 16.3. The van der Waals surface area contributed by atoms with E-state index in [4.69, 9.17) is 0 Å². The zero-order valence-electron chi connectivity index (χ0n) is 11.0. The zero-order valence-corrected chi connectivity index (χ0v) is 12.6. The van der Waals surface area contributed by atoms with Gasteiger partial charge >= 0.3 is 0 Å². The summed E-state index contributed by atoms with van der Waals surface area (Å²) in [5.41, 5.74) is 3.40. The number of aryl methyl sites for hydroxylation is 1. The van der Waals surface area contributed by atoms with Crippen LogP contribution in [-0.2, 0) is 12.8 Å². The highest BCUT2D eigenvalue weighted by Gasteiger charge is 2.20. The van der Waals surface area contributed by atoms with Crippen LogP contribution in [0.2, 0.25) is 0 Å². The summed E-state index contributed by atoms with van der Waals surface area (Å²) in [6, 6.07) is 12.1. The van der Waals surface area contributed by atoms with Gasteiger partial charge in [-0.15, -0.1) is 0 Å². The third-order valence-corrected chi connectivity index (χ3v) is 4.10. The molecule has 0 fully saturated rings. The van der Waals surface area contributed by atoms with Gasteiger partial charge in [0.2, 0.25) is 0 Å². The molecule has 0 aliphatic heterocycles. The summed E-state index contributed by atoms with van der Waals surface area (Å²) in [7, 11) is 0. The van der Waals surface area contributed by atoms with Crippen molar-refractivity contribution in [3.05, 3.63) is 63.9 Å². The van der Waals surface area contributed by atoms with Gasteiger partial charge in [0, 0.05) is 17.8 Å². The quantitative estimate of drug-likeness (QED) is 0.859. The van der Waals surface area contributed by atoms with E-state index in [1.807, 2.05) is 0 Å². The topological polar surface area (TPSA) is 42.0 Å². The number of hydrogen-bond acceptors (Lipinski definition) is 2. The van der Waals surface area contributed by atoms with Crippen LogP contribution in [0.15, 0.2) is 47.2 Å². The Morgan fingerprint density at radius 1 is 1.25 bits per heavy atom. The van der Waals surface area contributed by atoms with Gasteiger partial charge in [0.25, 0.3) is 5.91 Å². The normalized spacial score (nSPS) is 17.4. The SMILES string of the molecule is O=C(NC1CCc2ccccc2C1)c1ccnc(Br)c1. The van der Waals surface area contributed by atoms with Crippen LogP contribution < -0.4 is 5.32 Å². The van der Waals surface area contributed by atoms with Crippen LogP contribution in [0.3, 0.4) is 0 Å². The van der Waals surface area contributed by atoms with Crippen LogP contribution in [0.25, 0.3) is 0 Å². The van der Waals surface area contributed by atoms with Crippen molar-refractivity contribution in [2.24, 2.45) is 0 Å². The minimum Gasteiger partial charge on any atom is -0.349 e. The number of benzene rings is 1. The Balaban J connectivity index is 1.69. The molecule has 2 aromatic rings. The highest BCUT2D eigenvalue weighted by atomic mass is 79.9. The average Bonchev–Trinajstić information content (AvgIpc) is 2.47. The van der Waals surface area contributed by atoms with Crippen molar-refractivity contribution in [3.63, 3.8) is 0 Å². The van der Waals surface area contributed by atoms with Gasteiger partial charge < -0.3 is 5.32 Å². The first-order chi connectivity index (χ1) is 9.72. The zero-order chi connectivity index (χ0) is 13.9. The minimum absolute atomic E-state index is 0.0301. The van der Waals surface area contributed by atoms with E-state index < -0.39 is 0 Å². The molecule has 1 N–H and O–H groups in total. The maximum absolute atomic E-state index is 12.2. The molecule has 102 valence electrons. The lowest BCUT2D eigenvalue weighted by molar-refractivity contribution is 0.0933. The third kappa shape index (κ3) is 2.90. The first-order valence-corrected chi connectivity index (χ1v) is 7.51. The van der Waals surface area contributed by atoms with Crippen molar-refractivity contribution in [3.8, 4) is 0 Å². The Kier molecular flexibility index (Phi) is 3.83. The average molecular weight is 331 g/mol. The molecule has 1 aromatic carbocycles. The number of halogens is 1. The van der Waals surface area contributed by atoms with E-state index in [1.165, 1.54) is 11.1 Å². The molecule has 1 aliphatic rings. The number of hydrogen-bond donors (Lipinski definition) is 1. The third-order valence-electron chi connectivity index (χ3n) is 3.67. The first-order valence-electron chi connectivity index (χ1n) is 6.71. The highest BCUT2D eigenvalue weighted by Crippen LogP contribution is 2.21. The molecule has 1 heterocycles. The molecule has 1 amide bonds. The number of aromatic nitrogens is 1. The van der Waals surface area contributed by atoms with E-state index in [2.05, 4.69) is 50.5 Å². The monoisotopic (exact) mass is 330 g/mol. The fourth-order valence-corrected chi connectivity index (χ4v) is 3.00. The second-order valence-corrected chi connectivity index (χ2v) is 5.86. The number of amides is 1. The molecule has 0 spiro atoms. The number of carbonyl (C=O) groups excluding carboxylic acids is 1.